The molecule has 0 saturated heterocycles. The molecule has 0 bridgehead atoms. The van der Waals surface area contributed by atoms with Gasteiger partial charge in [-0.05, 0) is 47.2 Å². The SMILES string of the molecule is [B]C(C)(P)c1ncc2ccc(-c3ccc(OCC(C)(F)I)nc3)cn12. The summed E-state index contributed by atoms with van der Waals surface area (Å²) in [5.74, 6) is 1.15. The molecule has 3 aromatic heterocycles. The van der Waals surface area contributed by atoms with Crippen LogP contribution in [0, 0.1) is 0 Å². The maximum absolute atomic E-state index is 13.5. The smallest absolute Gasteiger partial charge is 0.213 e. The van der Waals surface area contributed by atoms with Crippen molar-refractivity contribution >= 4 is 45.2 Å². The highest BCUT2D eigenvalue weighted by atomic mass is 127. The largest absolute Gasteiger partial charge is 0.473 e. The first-order chi connectivity index (χ1) is 11.6. The van der Waals surface area contributed by atoms with E-state index in [2.05, 4.69) is 19.2 Å². The van der Waals surface area contributed by atoms with Crippen LogP contribution < -0.4 is 4.74 Å². The van der Waals surface area contributed by atoms with Gasteiger partial charge in [0.2, 0.25) is 5.88 Å². The molecular formula is C17H17BFIN3OP. The van der Waals surface area contributed by atoms with Gasteiger partial charge in [0.05, 0.1) is 19.6 Å². The number of halogens is 2. The van der Waals surface area contributed by atoms with Crippen molar-refractivity contribution in [1.82, 2.24) is 14.4 Å². The Morgan fingerprint density at radius 3 is 2.52 bits per heavy atom. The molecule has 3 rings (SSSR count). The summed E-state index contributed by atoms with van der Waals surface area (Å²) in [6.07, 6.45) is 5.48. The third-order valence-corrected chi connectivity index (χ3v) is 4.12. The second kappa shape index (κ2) is 6.84. The quantitative estimate of drug-likeness (QED) is 0.246. The highest BCUT2D eigenvalue weighted by molar-refractivity contribution is 14.1. The van der Waals surface area contributed by atoms with E-state index >= 15 is 0 Å². The molecular weight excluding hydrogens is 450 g/mol. The zero-order valence-corrected chi connectivity index (χ0v) is 17.2. The van der Waals surface area contributed by atoms with Gasteiger partial charge in [-0.2, -0.15) is 0 Å². The average molecular weight is 467 g/mol. The molecule has 0 aliphatic heterocycles. The van der Waals surface area contributed by atoms with Crippen molar-refractivity contribution in [1.29, 1.82) is 0 Å². The Morgan fingerprint density at radius 2 is 1.92 bits per heavy atom. The highest BCUT2D eigenvalue weighted by Gasteiger charge is 2.20. The first-order valence-electron chi connectivity index (χ1n) is 7.66. The summed E-state index contributed by atoms with van der Waals surface area (Å²) in [4.78, 5) is 8.66. The lowest BCUT2D eigenvalue weighted by Gasteiger charge is -2.17. The fraction of sp³-hybridized carbons (Fsp3) is 0.294. The Balaban J connectivity index is 1.89. The molecule has 2 radical (unpaired) electrons. The number of imidazole rings is 1. The third-order valence-electron chi connectivity index (χ3n) is 3.55. The van der Waals surface area contributed by atoms with Crippen LogP contribution >= 0.6 is 31.8 Å². The molecule has 0 aliphatic rings. The van der Waals surface area contributed by atoms with Gasteiger partial charge < -0.3 is 9.14 Å². The van der Waals surface area contributed by atoms with Crippen molar-refractivity contribution < 1.29 is 9.13 Å². The molecule has 8 heteroatoms. The second-order valence-corrected chi connectivity index (χ2v) is 9.77. The summed E-state index contributed by atoms with van der Waals surface area (Å²) in [7, 11) is 8.76. The van der Waals surface area contributed by atoms with E-state index in [1.54, 1.807) is 41.1 Å². The minimum Gasteiger partial charge on any atom is -0.473 e. The lowest BCUT2D eigenvalue weighted by Crippen LogP contribution is -2.19. The van der Waals surface area contributed by atoms with Gasteiger partial charge in [-0.3, -0.25) is 0 Å². The van der Waals surface area contributed by atoms with Crippen molar-refractivity contribution in [3.63, 3.8) is 0 Å². The number of ether oxygens (including phenoxy) is 1. The summed E-state index contributed by atoms with van der Waals surface area (Å²) in [6, 6.07) is 7.61. The zero-order chi connectivity index (χ0) is 18.2. The van der Waals surface area contributed by atoms with Crippen molar-refractivity contribution in [2.75, 3.05) is 6.61 Å². The fourth-order valence-electron chi connectivity index (χ4n) is 2.40. The molecule has 128 valence electrons. The van der Waals surface area contributed by atoms with Gasteiger partial charge in [-0.1, -0.05) is 13.0 Å². The van der Waals surface area contributed by atoms with E-state index in [1.807, 2.05) is 35.7 Å². The molecule has 3 unspecified atom stereocenters. The number of hydrogen-bond donors (Lipinski definition) is 0. The van der Waals surface area contributed by atoms with Gasteiger partial charge in [0.1, 0.15) is 12.4 Å². The third kappa shape index (κ3) is 4.50. The minimum atomic E-state index is -1.42. The van der Waals surface area contributed by atoms with Crippen molar-refractivity contribution in [2.24, 2.45) is 0 Å². The number of fused-ring (bicyclic) bond motifs is 1. The number of pyridine rings is 2. The summed E-state index contributed by atoms with van der Waals surface area (Å²) in [5.41, 5.74) is 2.87. The van der Waals surface area contributed by atoms with Crippen LogP contribution in [-0.2, 0) is 5.06 Å². The lowest BCUT2D eigenvalue weighted by atomic mass is 9.87. The molecule has 4 nitrogen and oxygen atoms in total. The maximum Gasteiger partial charge on any atom is 0.213 e. The highest BCUT2D eigenvalue weighted by Crippen LogP contribution is 2.29. The van der Waals surface area contributed by atoms with E-state index in [0.717, 1.165) is 22.5 Å². The molecule has 3 aromatic rings. The average Bonchev–Trinajstić information content (AvgIpc) is 2.96. The van der Waals surface area contributed by atoms with Crippen LogP contribution in [0.1, 0.15) is 19.7 Å². The number of hydrogen-bond acceptors (Lipinski definition) is 3. The van der Waals surface area contributed by atoms with Gasteiger partial charge >= 0.3 is 0 Å². The normalized spacial score (nSPS) is 16.4. The molecule has 0 N–H and O–H groups in total. The molecule has 0 fully saturated rings. The lowest BCUT2D eigenvalue weighted by molar-refractivity contribution is 0.191. The molecule has 0 aliphatic carbocycles. The Hall–Kier alpha value is -1.21. The first-order valence-corrected chi connectivity index (χ1v) is 9.31. The molecule has 25 heavy (non-hydrogen) atoms. The van der Waals surface area contributed by atoms with Crippen molar-refractivity contribution in [3.05, 3.63) is 48.7 Å². The zero-order valence-electron chi connectivity index (χ0n) is 13.9. The fourth-order valence-corrected chi connectivity index (χ4v) is 2.77. The van der Waals surface area contributed by atoms with Gasteiger partial charge in [0.25, 0.3) is 0 Å². The maximum atomic E-state index is 13.5. The number of alkyl halides is 2. The monoisotopic (exact) mass is 467 g/mol. The van der Waals surface area contributed by atoms with Crippen LogP contribution in [0.3, 0.4) is 0 Å². The van der Waals surface area contributed by atoms with E-state index in [9.17, 15) is 4.39 Å². The van der Waals surface area contributed by atoms with Crippen molar-refractivity contribution in [2.45, 2.75) is 22.6 Å². The van der Waals surface area contributed by atoms with Crippen LogP contribution in [0.25, 0.3) is 16.6 Å². The van der Waals surface area contributed by atoms with Crippen molar-refractivity contribution in [3.8, 4) is 17.0 Å². The summed E-state index contributed by atoms with van der Waals surface area (Å²) < 4.78 is 19.4. The number of nitrogens with zero attached hydrogens (tertiary/aromatic N) is 3. The summed E-state index contributed by atoms with van der Waals surface area (Å²) in [6.45, 7) is 3.29. The molecule has 3 heterocycles. The standard InChI is InChI=1S/C17H17BFIN3OP/c1-16(19,20)10-24-14-6-4-11(7-21-14)12-3-5-13-8-22-15(17(2,18)25)23(13)9-12/h3-9H,10,25H2,1-2H3. The number of aromatic nitrogens is 3. The minimum absolute atomic E-state index is 0.0481. The van der Waals surface area contributed by atoms with Gasteiger partial charge in [-0.25, -0.2) is 14.4 Å². The van der Waals surface area contributed by atoms with Gasteiger partial charge in [-0.15, -0.1) is 9.24 Å². The first kappa shape index (κ1) is 18.6. The van der Waals surface area contributed by atoms with Gasteiger partial charge in [0, 0.05) is 29.1 Å². The second-order valence-electron chi connectivity index (χ2n) is 6.32. The molecule has 3 atom stereocenters. The molecule has 0 spiro atoms. The molecule has 0 amide bonds. The van der Waals surface area contributed by atoms with E-state index < -0.39 is 8.73 Å². The predicted molar refractivity (Wildman–Crippen MR) is 110 cm³/mol. The van der Waals surface area contributed by atoms with Gasteiger partial charge in [0.15, 0.2) is 3.68 Å². The van der Waals surface area contributed by atoms with Crippen LogP contribution in [0.4, 0.5) is 4.39 Å². The molecule has 0 saturated carbocycles. The van der Waals surface area contributed by atoms with Crippen LogP contribution in [0.2, 0.25) is 0 Å². The Morgan fingerprint density at radius 1 is 1.20 bits per heavy atom. The topological polar surface area (TPSA) is 39.4 Å². The van der Waals surface area contributed by atoms with Crippen LogP contribution in [0.5, 0.6) is 5.88 Å². The summed E-state index contributed by atoms with van der Waals surface area (Å²) in [5, 5.41) is -0.626. The van der Waals surface area contributed by atoms with Crippen LogP contribution in [0.15, 0.2) is 42.9 Å². The van der Waals surface area contributed by atoms with E-state index in [0.29, 0.717) is 5.88 Å². The van der Waals surface area contributed by atoms with E-state index in [1.165, 1.54) is 6.92 Å². The Labute approximate surface area is 163 Å². The summed E-state index contributed by atoms with van der Waals surface area (Å²) >= 11 is 1.70. The van der Waals surface area contributed by atoms with E-state index in [4.69, 9.17) is 12.6 Å². The molecule has 0 aromatic carbocycles. The Kier molecular flexibility index (Phi) is 5.08. The Bertz CT molecular complexity index is 888. The predicted octanol–water partition coefficient (Wildman–Crippen LogP) is 4.11. The van der Waals surface area contributed by atoms with Crippen LogP contribution in [-0.4, -0.2) is 32.5 Å². The van der Waals surface area contributed by atoms with E-state index in [-0.39, 0.29) is 6.61 Å². The number of rotatable bonds is 5.